The van der Waals surface area contributed by atoms with Crippen molar-refractivity contribution in [2.75, 3.05) is 23.8 Å². The standard InChI is InChI=1S/C16H17FN2/c1-18-15-10-14(17)6-7-16(15)19-9-8-12-4-2-3-5-13(12)11-19/h2-7,10,18H,8-9,11H2,1H3. The van der Waals surface area contributed by atoms with E-state index >= 15 is 0 Å². The van der Waals surface area contributed by atoms with Gasteiger partial charge in [0.05, 0.1) is 11.4 Å². The van der Waals surface area contributed by atoms with Crippen LogP contribution in [-0.4, -0.2) is 13.6 Å². The van der Waals surface area contributed by atoms with Crippen LogP contribution in [0.3, 0.4) is 0 Å². The van der Waals surface area contributed by atoms with Crippen molar-refractivity contribution in [1.29, 1.82) is 0 Å². The molecule has 1 heterocycles. The van der Waals surface area contributed by atoms with Crippen LogP contribution in [0.5, 0.6) is 0 Å². The second-order valence-corrected chi connectivity index (χ2v) is 4.85. The monoisotopic (exact) mass is 256 g/mol. The maximum absolute atomic E-state index is 13.3. The lowest BCUT2D eigenvalue weighted by atomic mass is 9.99. The smallest absolute Gasteiger partial charge is 0.125 e. The molecule has 2 aromatic rings. The summed E-state index contributed by atoms with van der Waals surface area (Å²) in [5.74, 6) is -0.203. The van der Waals surface area contributed by atoms with Crippen LogP contribution >= 0.6 is 0 Å². The highest BCUT2D eigenvalue weighted by molar-refractivity contribution is 5.70. The molecule has 0 spiro atoms. The minimum atomic E-state index is -0.203. The number of rotatable bonds is 2. The lowest BCUT2D eigenvalue weighted by Gasteiger charge is -2.32. The second-order valence-electron chi connectivity index (χ2n) is 4.85. The molecular formula is C16H17FN2. The Labute approximate surface area is 112 Å². The van der Waals surface area contributed by atoms with Crippen molar-refractivity contribution in [2.24, 2.45) is 0 Å². The first-order valence-electron chi connectivity index (χ1n) is 6.57. The molecule has 0 bridgehead atoms. The Morgan fingerprint density at radius 3 is 2.68 bits per heavy atom. The van der Waals surface area contributed by atoms with E-state index in [-0.39, 0.29) is 5.82 Å². The molecule has 0 saturated carbocycles. The Kier molecular flexibility index (Phi) is 3.11. The van der Waals surface area contributed by atoms with E-state index in [1.807, 2.05) is 13.1 Å². The zero-order valence-electron chi connectivity index (χ0n) is 11.0. The molecule has 3 rings (SSSR count). The van der Waals surface area contributed by atoms with Crippen LogP contribution in [0.4, 0.5) is 15.8 Å². The predicted octanol–water partition coefficient (Wildman–Crippen LogP) is 3.43. The average molecular weight is 256 g/mol. The van der Waals surface area contributed by atoms with Crippen molar-refractivity contribution in [2.45, 2.75) is 13.0 Å². The molecule has 1 aliphatic rings. The Morgan fingerprint density at radius 1 is 1.11 bits per heavy atom. The number of nitrogens with zero attached hydrogens (tertiary/aromatic N) is 1. The summed E-state index contributed by atoms with van der Waals surface area (Å²) in [6.07, 6.45) is 1.04. The van der Waals surface area contributed by atoms with E-state index in [0.717, 1.165) is 30.9 Å². The summed E-state index contributed by atoms with van der Waals surface area (Å²) in [6.45, 7) is 1.85. The van der Waals surface area contributed by atoms with Crippen molar-refractivity contribution in [3.05, 3.63) is 59.4 Å². The van der Waals surface area contributed by atoms with E-state index in [4.69, 9.17) is 0 Å². The van der Waals surface area contributed by atoms with E-state index in [1.165, 1.54) is 17.2 Å². The van der Waals surface area contributed by atoms with Gasteiger partial charge in [-0.2, -0.15) is 0 Å². The molecule has 0 aromatic heterocycles. The number of hydrogen-bond acceptors (Lipinski definition) is 2. The number of benzene rings is 2. The van der Waals surface area contributed by atoms with Crippen molar-refractivity contribution < 1.29 is 4.39 Å². The first kappa shape index (κ1) is 12.0. The maximum Gasteiger partial charge on any atom is 0.125 e. The summed E-state index contributed by atoms with van der Waals surface area (Å²) in [6, 6.07) is 13.5. The van der Waals surface area contributed by atoms with Gasteiger partial charge in [0, 0.05) is 20.1 Å². The summed E-state index contributed by atoms with van der Waals surface area (Å²) in [5, 5.41) is 3.08. The maximum atomic E-state index is 13.3. The van der Waals surface area contributed by atoms with Crippen LogP contribution in [0, 0.1) is 5.82 Å². The van der Waals surface area contributed by atoms with Gasteiger partial charge < -0.3 is 10.2 Å². The number of anilines is 2. The molecule has 0 aliphatic carbocycles. The van der Waals surface area contributed by atoms with Gasteiger partial charge in [-0.25, -0.2) is 4.39 Å². The topological polar surface area (TPSA) is 15.3 Å². The van der Waals surface area contributed by atoms with Gasteiger partial charge in [0.25, 0.3) is 0 Å². The van der Waals surface area contributed by atoms with E-state index in [1.54, 1.807) is 6.07 Å². The highest BCUT2D eigenvalue weighted by atomic mass is 19.1. The molecule has 0 saturated heterocycles. The van der Waals surface area contributed by atoms with Crippen LogP contribution in [0.25, 0.3) is 0 Å². The number of hydrogen-bond donors (Lipinski definition) is 1. The Bertz CT molecular complexity index is 595. The molecular weight excluding hydrogens is 239 g/mol. The molecule has 2 aromatic carbocycles. The van der Waals surface area contributed by atoms with Crippen LogP contribution in [-0.2, 0) is 13.0 Å². The largest absolute Gasteiger partial charge is 0.386 e. The van der Waals surface area contributed by atoms with Crippen molar-refractivity contribution in [1.82, 2.24) is 0 Å². The molecule has 2 nitrogen and oxygen atoms in total. The summed E-state index contributed by atoms with van der Waals surface area (Å²) < 4.78 is 13.3. The Morgan fingerprint density at radius 2 is 1.89 bits per heavy atom. The molecule has 1 N–H and O–H groups in total. The molecule has 98 valence electrons. The summed E-state index contributed by atoms with van der Waals surface area (Å²) in [4.78, 5) is 2.30. The zero-order chi connectivity index (χ0) is 13.2. The first-order valence-corrected chi connectivity index (χ1v) is 6.57. The minimum Gasteiger partial charge on any atom is -0.386 e. The van der Waals surface area contributed by atoms with Crippen LogP contribution < -0.4 is 10.2 Å². The van der Waals surface area contributed by atoms with Gasteiger partial charge in [0.1, 0.15) is 5.82 Å². The summed E-state index contributed by atoms with van der Waals surface area (Å²) in [5.41, 5.74) is 4.70. The predicted molar refractivity (Wildman–Crippen MR) is 77.1 cm³/mol. The molecule has 1 aliphatic heterocycles. The van der Waals surface area contributed by atoms with Crippen LogP contribution in [0.2, 0.25) is 0 Å². The highest BCUT2D eigenvalue weighted by Gasteiger charge is 2.18. The van der Waals surface area contributed by atoms with E-state index in [9.17, 15) is 4.39 Å². The lowest BCUT2D eigenvalue weighted by molar-refractivity contribution is 0.627. The van der Waals surface area contributed by atoms with Gasteiger partial charge in [-0.15, -0.1) is 0 Å². The fourth-order valence-corrected chi connectivity index (χ4v) is 2.69. The van der Waals surface area contributed by atoms with Crippen molar-refractivity contribution in [3.8, 4) is 0 Å². The minimum absolute atomic E-state index is 0.203. The van der Waals surface area contributed by atoms with Crippen LogP contribution in [0.1, 0.15) is 11.1 Å². The normalized spacial score (nSPS) is 14.1. The molecule has 0 radical (unpaired) electrons. The quantitative estimate of drug-likeness (QED) is 0.885. The molecule has 0 amide bonds. The third kappa shape index (κ3) is 2.28. The fraction of sp³-hybridized carbons (Fsp3) is 0.250. The van der Waals surface area contributed by atoms with Gasteiger partial charge in [0.15, 0.2) is 0 Å². The summed E-state index contributed by atoms with van der Waals surface area (Å²) in [7, 11) is 1.83. The second kappa shape index (κ2) is 4.92. The number of halogens is 1. The van der Waals surface area contributed by atoms with Gasteiger partial charge in [-0.3, -0.25) is 0 Å². The fourth-order valence-electron chi connectivity index (χ4n) is 2.69. The zero-order valence-corrected chi connectivity index (χ0v) is 11.0. The van der Waals surface area contributed by atoms with Gasteiger partial charge in [0.2, 0.25) is 0 Å². The SMILES string of the molecule is CNc1cc(F)ccc1N1CCc2ccccc2C1. The van der Waals surface area contributed by atoms with E-state index in [0.29, 0.717) is 0 Å². The van der Waals surface area contributed by atoms with Crippen molar-refractivity contribution in [3.63, 3.8) is 0 Å². The van der Waals surface area contributed by atoms with Crippen LogP contribution in [0.15, 0.2) is 42.5 Å². The third-order valence-electron chi connectivity index (χ3n) is 3.70. The van der Waals surface area contributed by atoms with Gasteiger partial charge in [-0.1, -0.05) is 24.3 Å². The molecule has 0 unspecified atom stereocenters. The first-order chi connectivity index (χ1) is 9.28. The summed E-state index contributed by atoms with van der Waals surface area (Å²) >= 11 is 0. The van der Waals surface area contributed by atoms with Crippen molar-refractivity contribution >= 4 is 11.4 Å². The van der Waals surface area contributed by atoms with Gasteiger partial charge in [-0.05, 0) is 35.7 Å². The molecule has 3 heteroatoms. The number of nitrogens with one attached hydrogen (secondary N) is 1. The lowest BCUT2D eigenvalue weighted by Crippen LogP contribution is -2.30. The van der Waals surface area contributed by atoms with E-state index < -0.39 is 0 Å². The molecule has 0 fully saturated rings. The van der Waals surface area contributed by atoms with E-state index in [2.05, 4.69) is 34.5 Å². The Hall–Kier alpha value is -2.03. The number of fused-ring (bicyclic) bond motifs is 1. The molecule has 19 heavy (non-hydrogen) atoms. The Balaban J connectivity index is 1.93. The van der Waals surface area contributed by atoms with Gasteiger partial charge >= 0.3 is 0 Å². The highest BCUT2D eigenvalue weighted by Crippen LogP contribution is 2.30. The molecule has 0 atom stereocenters. The average Bonchev–Trinajstić information content (AvgIpc) is 2.46. The third-order valence-corrected chi connectivity index (χ3v) is 3.70.